The molecule has 5 nitrogen and oxygen atoms in total. The first kappa shape index (κ1) is 16.6. The number of para-hydroxylation sites is 4. The number of anilines is 2. The van der Waals surface area contributed by atoms with Gasteiger partial charge in [0, 0.05) is 19.6 Å². The molecule has 5 heteroatoms. The van der Waals surface area contributed by atoms with Crippen LogP contribution >= 0.6 is 0 Å². The number of nitrogens with zero attached hydrogens (tertiary/aromatic N) is 3. The van der Waals surface area contributed by atoms with Gasteiger partial charge in [-0.3, -0.25) is 0 Å². The summed E-state index contributed by atoms with van der Waals surface area (Å²) in [4.78, 5) is 11.8. The average molecular weight is 348 g/mol. The van der Waals surface area contributed by atoms with E-state index in [1.54, 1.807) is 7.11 Å². The quantitative estimate of drug-likeness (QED) is 0.758. The van der Waals surface area contributed by atoms with E-state index < -0.39 is 0 Å². The van der Waals surface area contributed by atoms with Crippen LogP contribution in [0.2, 0.25) is 0 Å². The predicted molar refractivity (Wildman–Crippen MR) is 106 cm³/mol. The Morgan fingerprint density at radius 3 is 2.62 bits per heavy atom. The van der Waals surface area contributed by atoms with E-state index in [0.717, 1.165) is 54.3 Å². The van der Waals surface area contributed by atoms with E-state index in [-0.39, 0.29) is 0 Å². The molecule has 1 aliphatic heterocycles. The Morgan fingerprint density at radius 2 is 1.81 bits per heavy atom. The number of hydrogen-bond acceptors (Lipinski definition) is 5. The lowest BCUT2D eigenvalue weighted by Crippen LogP contribution is -2.23. The van der Waals surface area contributed by atoms with Crippen molar-refractivity contribution in [2.24, 2.45) is 5.92 Å². The van der Waals surface area contributed by atoms with Crippen molar-refractivity contribution in [3.05, 3.63) is 54.2 Å². The molecule has 134 valence electrons. The standard InChI is InChI=1S/C21H24N4O/c1-15-21(24-18-8-4-3-7-17(18)23-15)22-13-16-11-12-25(14-16)19-9-5-6-10-20(19)26-2/h3-10,16H,11-14H2,1-2H3,(H,22,24)/t16-/m1/s1. The molecule has 1 aliphatic rings. The maximum Gasteiger partial charge on any atom is 0.148 e. The first-order valence-electron chi connectivity index (χ1n) is 9.10. The van der Waals surface area contributed by atoms with Crippen LogP contribution in [0.4, 0.5) is 11.5 Å². The highest BCUT2D eigenvalue weighted by molar-refractivity contribution is 5.76. The van der Waals surface area contributed by atoms with E-state index in [1.165, 1.54) is 5.69 Å². The molecule has 1 aromatic heterocycles. The van der Waals surface area contributed by atoms with Gasteiger partial charge in [0.1, 0.15) is 11.6 Å². The van der Waals surface area contributed by atoms with Crippen molar-refractivity contribution in [1.82, 2.24) is 9.97 Å². The topological polar surface area (TPSA) is 50.3 Å². The van der Waals surface area contributed by atoms with Crippen molar-refractivity contribution < 1.29 is 4.74 Å². The molecule has 0 aliphatic carbocycles. The van der Waals surface area contributed by atoms with Gasteiger partial charge in [-0.05, 0) is 43.5 Å². The van der Waals surface area contributed by atoms with E-state index in [0.29, 0.717) is 5.92 Å². The second kappa shape index (κ2) is 7.20. The largest absolute Gasteiger partial charge is 0.495 e. The first-order chi connectivity index (χ1) is 12.7. The summed E-state index contributed by atoms with van der Waals surface area (Å²) in [6, 6.07) is 16.2. The lowest BCUT2D eigenvalue weighted by molar-refractivity contribution is 0.414. The highest BCUT2D eigenvalue weighted by atomic mass is 16.5. The van der Waals surface area contributed by atoms with Crippen molar-refractivity contribution in [3.8, 4) is 5.75 Å². The zero-order valence-corrected chi connectivity index (χ0v) is 15.3. The minimum atomic E-state index is 0.576. The van der Waals surface area contributed by atoms with E-state index in [4.69, 9.17) is 9.72 Å². The minimum absolute atomic E-state index is 0.576. The second-order valence-electron chi connectivity index (χ2n) is 6.80. The fraction of sp³-hybridized carbons (Fsp3) is 0.333. The van der Waals surface area contributed by atoms with Gasteiger partial charge in [-0.1, -0.05) is 24.3 Å². The first-order valence-corrected chi connectivity index (χ1v) is 9.10. The molecule has 0 radical (unpaired) electrons. The monoisotopic (exact) mass is 348 g/mol. The Bertz CT molecular complexity index is 911. The van der Waals surface area contributed by atoms with Crippen molar-refractivity contribution in [2.45, 2.75) is 13.3 Å². The summed E-state index contributed by atoms with van der Waals surface area (Å²) < 4.78 is 5.50. The maximum atomic E-state index is 5.50. The number of fused-ring (bicyclic) bond motifs is 1. The van der Waals surface area contributed by atoms with Crippen LogP contribution in [-0.2, 0) is 0 Å². The van der Waals surface area contributed by atoms with Crippen LogP contribution in [0.15, 0.2) is 48.5 Å². The van der Waals surface area contributed by atoms with Crippen LogP contribution < -0.4 is 15.0 Å². The molecule has 1 saturated heterocycles. The lowest BCUT2D eigenvalue weighted by atomic mass is 10.1. The summed E-state index contributed by atoms with van der Waals surface area (Å²) >= 11 is 0. The number of rotatable bonds is 5. The predicted octanol–water partition coefficient (Wildman–Crippen LogP) is 3.89. The Morgan fingerprint density at radius 1 is 1.08 bits per heavy atom. The van der Waals surface area contributed by atoms with Gasteiger partial charge >= 0.3 is 0 Å². The molecule has 0 bridgehead atoms. The number of methoxy groups -OCH3 is 1. The highest BCUT2D eigenvalue weighted by Gasteiger charge is 2.24. The van der Waals surface area contributed by atoms with Gasteiger partial charge in [-0.25, -0.2) is 9.97 Å². The third-order valence-electron chi connectivity index (χ3n) is 5.01. The summed E-state index contributed by atoms with van der Waals surface area (Å²) in [5.41, 5.74) is 4.00. The summed E-state index contributed by atoms with van der Waals surface area (Å²) in [6.45, 7) is 4.99. The van der Waals surface area contributed by atoms with Crippen molar-refractivity contribution in [2.75, 3.05) is 37.0 Å². The summed E-state index contributed by atoms with van der Waals surface area (Å²) in [7, 11) is 1.73. The molecule has 0 spiro atoms. The van der Waals surface area contributed by atoms with Crippen LogP contribution in [0.25, 0.3) is 11.0 Å². The molecule has 1 fully saturated rings. The Kier molecular flexibility index (Phi) is 4.61. The van der Waals surface area contributed by atoms with Gasteiger partial charge in [-0.15, -0.1) is 0 Å². The maximum absolute atomic E-state index is 5.50. The molecule has 4 rings (SSSR count). The number of ether oxygens (including phenoxy) is 1. The summed E-state index contributed by atoms with van der Waals surface area (Å²) in [5.74, 6) is 2.41. The highest BCUT2D eigenvalue weighted by Crippen LogP contribution is 2.32. The van der Waals surface area contributed by atoms with E-state index in [9.17, 15) is 0 Å². The van der Waals surface area contributed by atoms with Gasteiger partial charge in [0.2, 0.25) is 0 Å². The van der Waals surface area contributed by atoms with Crippen LogP contribution in [0, 0.1) is 12.8 Å². The van der Waals surface area contributed by atoms with Gasteiger partial charge in [-0.2, -0.15) is 0 Å². The number of nitrogens with one attached hydrogen (secondary N) is 1. The fourth-order valence-corrected chi connectivity index (χ4v) is 3.61. The number of benzene rings is 2. The fourth-order valence-electron chi connectivity index (χ4n) is 3.61. The molecule has 3 aromatic rings. The van der Waals surface area contributed by atoms with E-state index in [2.05, 4.69) is 27.3 Å². The Labute approximate surface area is 154 Å². The summed E-state index contributed by atoms with van der Waals surface area (Å²) in [6.07, 6.45) is 1.16. The third kappa shape index (κ3) is 3.29. The van der Waals surface area contributed by atoms with Gasteiger partial charge in [0.05, 0.1) is 29.5 Å². The van der Waals surface area contributed by atoms with Gasteiger partial charge < -0.3 is 15.0 Å². The molecular formula is C21H24N4O. The SMILES string of the molecule is COc1ccccc1N1CC[C@H](CNc2nc3ccccc3nc2C)C1. The number of aromatic nitrogens is 2. The Hall–Kier alpha value is -2.82. The van der Waals surface area contributed by atoms with Gasteiger partial charge in [0.15, 0.2) is 0 Å². The molecule has 0 saturated carbocycles. The van der Waals surface area contributed by atoms with Crippen LogP contribution in [0.5, 0.6) is 5.75 Å². The van der Waals surface area contributed by atoms with E-state index in [1.807, 2.05) is 43.3 Å². The van der Waals surface area contributed by atoms with Gasteiger partial charge in [0.25, 0.3) is 0 Å². The average Bonchev–Trinajstić information content (AvgIpc) is 3.15. The second-order valence-corrected chi connectivity index (χ2v) is 6.80. The van der Waals surface area contributed by atoms with Crippen LogP contribution in [-0.4, -0.2) is 36.7 Å². The molecule has 2 heterocycles. The number of hydrogen-bond donors (Lipinski definition) is 1. The lowest BCUT2D eigenvalue weighted by Gasteiger charge is -2.21. The third-order valence-corrected chi connectivity index (χ3v) is 5.01. The van der Waals surface area contributed by atoms with Crippen molar-refractivity contribution >= 4 is 22.5 Å². The molecule has 2 aromatic carbocycles. The minimum Gasteiger partial charge on any atom is -0.495 e. The van der Waals surface area contributed by atoms with Crippen LogP contribution in [0.1, 0.15) is 12.1 Å². The smallest absolute Gasteiger partial charge is 0.148 e. The molecule has 26 heavy (non-hydrogen) atoms. The Balaban J connectivity index is 1.42. The van der Waals surface area contributed by atoms with Crippen molar-refractivity contribution in [1.29, 1.82) is 0 Å². The summed E-state index contributed by atoms with van der Waals surface area (Å²) in [5, 5.41) is 3.52. The van der Waals surface area contributed by atoms with E-state index >= 15 is 0 Å². The zero-order chi connectivity index (χ0) is 17.9. The molecule has 1 atom stereocenters. The molecule has 1 N–H and O–H groups in total. The van der Waals surface area contributed by atoms with Crippen molar-refractivity contribution in [3.63, 3.8) is 0 Å². The molecule has 0 amide bonds. The zero-order valence-electron chi connectivity index (χ0n) is 15.3. The van der Waals surface area contributed by atoms with Crippen LogP contribution in [0.3, 0.4) is 0 Å². The molecular weight excluding hydrogens is 324 g/mol. The number of aryl methyl sites for hydroxylation is 1. The normalized spacial score (nSPS) is 16.8. The molecule has 0 unspecified atom stereocenters.